The molecule has 0 spiro atoms. The van der Waals surface area contributed by atoms with Gasteiger partial charge >= 0.3 is 13.8 Å². The molecule has 0 fully saturated rings. The summed E-state index contributed by atoms with van der Waals surface area (Å²) in [5.74, 6) is -0.361. The van der Waals surface area contributed by atoms with Crippen molar-refractivity contribution in [1.82, 2.24) is 0 Å². The van der Waals surface area contributed by atoms with E-state index in [4.69, 9.17) is 24.3 Å². The van der Waals surface area contributed by atoms with Crippen molar-refractivity contribution < 1.29 is 32.8 Å². The molecule has 3 N–H and O–H groups in total. The summed E-state index contributed by atoms with van der Waals surface area (Å²) in [4.78, 5) is 22.4. The van der Waals surface area contributed by atoms with Crippen LogP contribution in [0.15, 0.2) is 72.9 Å². The molecule has 0 aromatic heterocycles. The van der Waals surface area contributed by atoms with E-state index in [0.717, 1.165) is 89.9 Å². The maximum atomic E-state index is 12.5. The van der Waals surface area contributed by atoms with Crippen LogP contribution in [0.25, 0.3) is 0 Å². The third-order valence-electron chi connectivity index (χ3n) is 7.86. The molecule has 0 aromatic carbocycles. The summed E-state index contributed by atoms with van der Waals surface area (Å²) in [6, 6.07) is 0. The second-order valence-corrected chi connectivity index (χ2v) is 14.2. The predicted octanol–water partition coefficient (Wildman–Crippen LogP) is 11.6. The van der Waals surface area contributed by atoms with Crippen LogP contribution in [-0.4, -0.2) is 49.9 Å². The van der Waals surface area contributed by atoms with E-state index in [-0.39, 0.29) is 38.8 Å². The molecule has 0 rings (SSSR count). The Balaban J connectivity index is 4.16. The molecule has 8 nitrogen and oxygen atoms in total. The lowest BCUT2D eigenvalue weighted by Gasteiger charge is -2.20. The van der Waals surface area contributed by atoms with Gasteiger partial charge in [0.2, 0.25) is 0 Å². The number of rotatable bonds is 37. The van der Waals surface area contributed by atoms with Gasteiger partial charge in [0.05, 0.1) is 19.8 Å². The van der Waals surface area contributed by atoms with Crippen molar-refractivity contribution in [3.8, 4) is 0 Å². The molecule has 0 aliphatic rings. The number of hydrogen-bond acceptors (Lipinski definition) is 7. The Morgan fingerprint density at radius 1 is 0.608 bits per heavy atom. The Hall–Kier alpha value is -2.06. The Kier molecular flexibility index (Phi) is 37.6. The van der Waals surface area contributed by atoms with Gasteiger partial charge in [0.15, 0.2) is 0 Å². The largest absolute Gasteiger partial charge is 0.472 e. The maximum absolute atomic E-state index is 12.5. The highest BCUT2D eigenvalue weighted by molar-refractivity contribution is 7.47. The summed E-state index contributed by atoms with van der Waals surface area (Å²) in [5, 5.41) is 0. The molecule has 0 radical (unpaired) electrons. The van der Waals surface area contributed by atoms with Gasteiger partial charge in [0, 0.05) is 19.6 Å². The lowest BCUT2D eigenvalue weighted by Crippen LogP contribution is -2.28. The molecule has 9 heteroatoms. The van der Waals surface area contributed by atoms with Crippen molar-refractivity contribution in [2.45, 2.75) is 155 Å². The van der Waals surface area contributed by atoms with Crippen molar-refractivity contribution in [3.05, 3.63) is 72.9 Å². The van der Waals surface area contributed by atoms with Gasteiger partial charge in [0.25, 0.3) is 0 Å². The zero-order valence-corrected chi connectivity index (χ0v) is 33.2. The average Bonchev–Trinajstić information content (AvgIpc) is 3.12. The summed E-state index contributed by atoms with van der Waals surface area (Å²) in [7, 11) is -4.29. The summed E-state index contributed by atoms with van der Waals surface area (Å²) in [5.41, 5.74) is 5.36. The molecule has 0 bridgehead atoms. The monoisotopic (exact) mass is 736 g/mol. The number of phosphoric acid groups is 1. The van der Waals surface area contributed by atoms with Crippen LogP contribution < -0.4 is 5.73 Å². The van der Waals surface area contributed by atoms with Crippen molar-refractivity contribution >= 4 is 13.8 Å². The molecular formula is C42H74NO7P. The fourth-order valence-electron chi connectivity index (χ4n) is 4.94. The van der Waals surface area contributed by atoms with Crippen LogP contribution in [0.5, 0.6) is 0 Å². The SMILES string of the molecule is CC/C=C\C/C=C\C/C=C\C/C=C\CCCCCCC(=O)OC(COCCCCCCCC/C=C\C/C=C\CCCC)COP(=O)(O)OCCN. The van der Waals surface area contributed by atoms with Gasteiger partial charge in [0.1, 0.15) is 6.10 Å². The third kappa shape index (κ3) is 39.0. The molecular weight excluding hydrogens is 661 g/mol. The Bertz CT molecular complexity index is 1010. The molecule has 0 aliphatic heterocycles. The predicted molar refractivity (Wildman–Crippen MR) is 215 cm³/mol. The molecule has 0 saturated heterocycles. The third-order valence-corrected chi connectivity index (χ3v) is 8.84. The van der Waals surface area contributed by atoms with Crippen molar-refractivity contribution in [1.29, 1.82) is 0 Å². The first kappa shape index (κ1) is 48.9. The van der Waals surface area contributed by atoms with Crippen molar-refractivity contribution in [2.24, 2.45) is 5.73 Å². The molecule has 0 heterocycles. The number of carbonyl (C=O) groups excluding carboxylic acids is 1. The molecule has 0 amide bonds. The van der Waals surface area contributed by atoms with E-state index >= 15 is 0 Å². The topological polar surface area (TPSA) is 117 Å². The fourth-order valence-corrected chi connectivity index (χ4v) is 5.71. The number of ether oxygens (including phenoxy) is 2. The van der Waals surface area contributed by atoms with Gasteiger partial charge in [-0.25, -0.2) is 4.57 Å². The number of allylic oxidation sites excluding steroid dienone is 12. The zero-order valence-electron chi connectivity index (χ0n) is 32.3. The summed E-state index contributed by atoms with van der Waals surface area (Å²) in [6.07, 6.45) is 47.7. The highest BCUT2D eigenvalue weighted by atomic mass is 31.2. The van der Waals surface area contributed by atoms with Crippen molar-refractivity contribution in [2.75, 3.05) is 33.0 Å². The first-order chi connectivity index (χ1) is 24.9. The fraction of sp³-hybridized carbons (Fsp3) is 0.690. The second kappa shape index (κ2) is 39.2. The standard InChI is InChI=1S/C42H74NO7P/c1-3-5-7-9-11-13-15-17-19-20-21-23-25-27-29-31-33-35-42(44)50-41(40-49-51(45,46)48-38-36-43)39-47-37-34-32-30-28-26-24-22-18-16-14-12-10-8-6-4-2/h5,7,10-13,16-19,21,23,41H,3-4,6,8-9,14-15,20,22,24-40,43H2,1-2H3,(H,45,46)/b7-5-,12-10-,13-11-,18-16-,19-17-,23-21-. The molecule has 0 aromatic rings. The second-order valence-electron chi connectivity index (χ2n) is 12.8. The number of esters is 1. The van der Waals surface area contributed by atoms with Gasteiger partial charge in [-0.3, -0.25) is 13.8 Å². The first-order valence-electron chi connectivity index (χ1n) is 19.9. The Morgan fingerprint density at radius 2 is 1.10 bits per heavy atom. The minimum atomic E-state index is -4.29. The molecule has 294 valence electrons. The number of nitrogens with two attached hydrogens (primary N) is 1. The van der Waals surface area contributed by atoms with Crippen LogP contribution in [0.3, 0.4) is 0 Å². The van der Waals surface area contributed by atoms with Crippen LogP contribution in [0.2, 0.25) is 0 Å². The van der Waals surface area contributed by atoms with E-state index in [2.05, 4.69) is 86.8 Å². The van der Waals surface area contributed by atoms with Crippen LogP contribution in [0, 0.1) is 0 Å². The normalized spacial score (nSPS) is 14.4. The van der Waals surface area contributed by atoms with E-state index in [1.165, 1.54) is 38.5 Å². The lowest BCUT2D eigenvalue weighted by molar-refractivity contribution is -0.154. The van der Waals surface area contributed by atoms with E-state index in [0.29, 0.717) is 6.61 Å². The Labute approximate surface area is 312 Å². The number of phosphoric ester groups is 1. The lowest BCUT2D eigenvalue weighted by atomic mass is 10.1. The number of carbonyl (C=O) groups is 1. The zero-order chi connectivity index (χ0) is 37.4. The number of hydrogen-bond donors (Lipinski definition) is 2. The number of unbranched alkanes of at least 4 members (excludes halogenated alkanes) is 12. The van der Waals surface area contributed by atoms with Crippen LogP contribution in [0.1, 0.15) is 149 Å². The minimum Gasteiger partial charge on any atom is -0.457 e. The van der Waals surface area contributed by atoms with E-state index in [1.54, 1.807) is 0 Å². The quantitative estimate of drug-likeness (QED) is 0.0280. The molecule has 0 aliphatic carbocycles. The summed E-state index contributed by atoms with van der Waals surface area (Å²) >= 11 is 0. The molecule has 2 unspecified atom stereocenters. The maximum Gasteiger partial charge on any atom is 0.472 e. The van der Waals surface area contributed by atoms with Crippen LogP contribution >= 0.6 is 7.82 Å². The van der Waals surface area contributed by atoms with Crippen LogP contribution in [0.4, 0.5) is 0 Å². The van der Waals surface area contributed by atoms with E-state index < -0.39 is 13.9 Å². The average molecular weight is 736 g/mol. The van der Waals surface area contributed by atoms with Crippen LogP contribution in [-0.2, 0) is 27.9 Å². The molecule has 2 atom stereocenters. The van der Waals surface area contributed by atoms with Gasteiger partial charge < -0.3 is 20.1 Å². The highest BCUT2D eigenvalue weighted by Gasteiger charge is 2.25. The summed E-state index contributed by atoms with van der Waals surface area (Å²) in [6.45, 7) is 4.68. The van der Waals surface area contributed by atoms with Gasteiger partial charge in [-0.1, -0.05) is 138 Å². The molecule has 0 saturated carbocycles. The van der Waals surface area contributed by atoms with Gasteiger partial charge in [-0.05, 0) is 77.0 Å². The molecule has 51 heavy (non-hydrogen) atoms. The smallest absolute Gasteiger partial charge is 0.457 e. The minimum absolute atomic E-state index is 0.0903. The Morgan fingerprint density at radius 3 is 1.65 bits per heavy atom. The summed E-state index contributed by atoms with van der Waals surface area (Å²) < 4.78 is 33.3. The van der Waals surface area contributed by atoms with E-state index in [1.807, 2.05) is 0 Å². The first-order valence-corrected chi connectivity index (χ1v) is 21.4. The van der Waals surface area contributed by atoms with Gasteiger partial charge in [-0.2, -0.15) is 0 Å². The van der Waals surface area contributed by atoms with E-state index in [9.17, 15) is 14.3 Å². The van der Waals surface area contributed by atoms with Crippen molar-refractivity contribution in [3.63, 3.8) is 0 Å². The highest BCUT2D eigenvalue weighted by Crippen LogP contribution is 2.43. The van der Waals surface area contributed by atoms with Gasteiger partial charge in [-0.15, -0.1) is 0 Å².